The van der Waals surface area contributed by atoms with Gasteiger partial charge in [-0.1, -0.05) is 41.4 Å². The van der Waals surface area contributed by atoms with E-state index in [1.54, 1.807) is 7.11 Å². The number of carbonyl (C=O) groups excluding carboxylic acids is 1. The smallest absolute Gasteiger partial charge is 0.251 e. The monoisotopic (exact) mass is 367 g/mol. The van der Waals surface area contributed by atoms with Crippen molar-refractivity contribution in [1.82, 2.24) is 15.2 Å². The minimum Gasteiger partial charge on any atom is -0.496 e. The molecule has 24 heavy (non-hydrogen) atoms. The second-order valence-corrected chi connectivity index (χ2v) is 6.21. The molecular weight excluding hydrogens is 349 g/mol. The number of rotatable bonds is 6. The third-order valence-corrected chi connectivity index (χ3v) is 3.99. The summed E-state index contributed by atoms with van der Waals surface area (Å²) in [6.07, 6.45) is 0. The van der Waals surface area contributed by atoms with Gasteiger partial charge in [-0.25, -0.2) is 4.98 Å². The Morgan fingerprint density at radius 3 is 2.46 bits per heavy atom. The number of carbonyl (C=O) groups is 1. The molecule has 1 N–H and O–H groups in total. The first kappa shape index (κ1) is 18.5. The quantitative estimate of drug-likeness (QED) is 0.794. The van der Waals surface area contributed by atoms with Gasteiger partial charge in [0.15, 0.2) is 0 Å². The van der Waals surface area contributed by atoms with Gasteiger partial charge >= 0.3 is 0 Å². The van der Waals surface area contributed by atoms with E-state index in [0.29, 0.717) is 12.1 Å². The lowest BCUT2D eigenvalue weighted by Gasteiger charge is -2.26. The summed E-state index contributed by atoms with van der Waals surface area (Å²) in [7, 11) is 5.53. The number of benzene rings is 1. The minimum absolute atomic E-state index is 0.0436. The van der Waals surface area contributed by atoms with E-state index in [2.05, 4.69) is 10.3 Å². The summed E-state index contributed by atoms with van der Waals surface area (Å²) in [6.45, 7) is 0.407. The molecule has 0 aliphatic carbocycles. The summed E-state index contributed by atoms with van der Waals surface area (Å²) in [5.74, 6) is 0.517. The lowest BCUT2D eigenvalue weighted by atomic mass is 10.0. The highest BCUT2D eigenvalue weighted by atomic mass is 35.5. The number of pyridine rings is 1. The van der Waals surface area contributed by atoms with E-state index in [-0.39, 0.29) is 22.3 Å². The van der Waals surface area contributed by atoms with Gasteiger partial charge in [-0.3, -0.25) is 4.79 Å². The number of hydrogen-bond donors (Lipinski definition) is 1. The Morgan fingerprint density at radius 2 is 1.88 bits per heavy atom. The van der Waals surface area contributed by atoms with Crippen molar-refractivity contribution in [3.8, 4) is 5.75 Å². The number of hydrogen-bond acceptors (Lipinski definition) is 4. The summed E-state index contributed by atoms with van der Waals surface area (Å²) in [6, 6.07) is 10.7. The van der Waals surface area contributed by atoms with Crippen molar-refractivity contribution in [3.05, 3.63) is 57.8 Å². The van der Waals surface area contributed by atoms with Gasteiger partial charge in [0.2, 0.25) is 0 Å². The zero-order valence-corrected chi connectivity index (χ0v) is 15.2. The van der Waals surface area contributed by atoms with E-state index < -0.39 is 0 Å². The molecule has 0 saturated heterocycles. The summed E-state index contributed by atoms with van der Waals surface area (Å²) < 4.78 is 5.42. The number of nitrogens with one attached hydrogen (secondary N) is 1. The van der Waals surface area contributed by atoms with Crippen molar-refractivity contribution in [2.45, 2.75) is 6.04 Å². The van der Waals surface area contributed by atoms with E-state index in [9.17, 15) is 4.79 Å². The van der Waals surface area contributed by atoms with Crippen LogP contribution in [0.4, 0.5) is 0 Å². The second-order valence-electron chi connectivity index (χ2n) is 5.43. The molecule has 0 radical (unpaired) electrons. The molecule has 2 aromatic rings. The molecule has 0 fully saturated rings. The first-order valence-electron chi connectivity index (χ1n) is 7.33. The molecule has 1 heterocycles. The Hall–Kier alpha value is -1.82. The number of aromatic nitrogens is 1. The molecule has 2 rings (SSSR count). The standard InChI is InChI=1S/C17H19Cl2N3O2/c1-22(2)13(12-6-4-5-7-14(12)24-3)10-20-17(23)11-8-15(18)21-16(19)9-11/h4-9,13H,10H2,1-3H3,(H,20,23). The number of methoxy groups -OCH3 is 1. The molecule has 1 aromatic heterocycles. The first-order valence-corrected chi connectivity index (χ1v) is 8.08. The van der Waals surface area contributed by atoms with Crippen molar-refractivity contribution in [3.63, 3.8) is 0 Å². The van der Waals surface area contributed by atoms with Crippen molar-refractivity contribution in [1.29, 1.82) is 0 Å². The van der Waals surface area contributed by atoms with Gasteiger partial charge in [0, 0.05) is 17.7 Å². The van der Waals surface area contributed by atoms with Crippen LogP contribution in [0, 0.1) is 0 Å². The maximum Gasteiger partial charge on any atom is 0.251 e. The maximum atomic E-state index is 12.4. The summed E-state index contributed by atoms with van der Waals surface area (Å²) in [4.78, 5) is 18.2. The topological polar surface area (TPSA) is 54.5 Å². The Kier molecular flexibility index (Phi) is 6.43. The number of halogens is 2. The van der Waals surface area contributed by atoms with Gasteiger partial charge in [0.1, 0.15) is 16.1 Å². The van der Waals surface area contributed by atoms with Crippen LogP contribution in [0.25, 0.3) is 0 Å². The van der Waals surface area contributed by atoms with Crippen LogP contribution in [0.15, 0.2) is 36.4 Å². The molecule has 5 nitrogen and oxygen atoms in total. The van der Waals surface area contributed by atoms with E-state index in [1.165, 1.54) is 12.1 Å². The first-order chi connectivity index (χ1) is 11.4. The average Bonchev–Trinajstić information content (AvgIpc) is 2.54. The van der Waals surface area contributed by atoms with E-state index in [1.807, 2.05) is 43.3 Å². The highest BCUT2D eigenvalue weighted by Gasteiger charge is 2.19. The largest absolute Gasteiger partial charge is 0.496 e. The van der Waals surface area contributed by atoms with Gasteiger partial charge in [-0.15, -0.1) is 0 Å². The fourth-order valence-electron chi connectivity index (χ4n) is 2.40. The Labute approximate surface area is 151 Å². The molecule has 7 heteroatoms. The summed E-state index contributed by atoms with van der Waals surface area (Å²) >= 11 is 11.7. The molecule has 0 spiro atoms. The average molecular weight is 368 g/mol. The van der Waals surface area contributed by atoms with Crippen LogP contribution in [0.1, 0.15) is 22.0 Å². The number of nitrogens with zero attached hydrogens (tertiary/aromatic N) is 2. The molecule has 0 saturated carbocycles. The third kappa shape index (κ3) is 4.60. The molecule has 1 aromatic carbocycles. The van der Waals surface area contributed by atoms with Crippen LogP contribution in [0.2, 0.25) is 10.3 Å². The van der Waals surface area contributed by atoms with Crippen molar-refractivity contribution < 1.29 is 9.53 Å². The zero-order chi connectivity index (χ0) is 17.7. The van der Waals surface area contributed by atoms with Crippen LogP contribution in [0.3, 0.4) is 0 Å². The van der Waals surface area contributed by atoms with Gasteiger partial charge in [0.25, 0.3) is 5.91 Å². The number of para-hydroxylation sites is 1. The Bertz CT molecular complexity index is 702. The SMILES string of the molecule is COc1ccccc1C(CNC(=O)c1cc(Cl)nc(Cl)c1)N(C)C. The van der Waals surface area contributed by atoms with Gasteiger partial charge in [0.05, 0.1) is 13.2 Å². The molecule has 1 amide bonds. The van der Waals surface area contributed by atoms with Crippen LogP contribution in [0.5, 0.6) is 5.75 Å². The van der Waals surface area contributed by atoms with Crippen molar-refractivity contribution in [2.75, 3.05) is 27.7 Å². The fraction of sp³-hybridized carbons (Fsp3) is 0.294. The lowest BCUT2D eigenvalue weighted by Crippen LogP contribution is -2.34. The van der Waals surface area contributed by atoms with Crippen LogP contribution < -0.4 is 10.1 Å². The molecule has 0 aliphatic rings. The molecule has 1 atom stereocenters. The van der Waals surface area contributed by atoms with Crippen LogP contribution in [-0.2, 0) is 0 Å². The normalized spacial score (nSPS) is 12.1. The summed E-state index contributed by atoms with van der Waals surface area (Å²) in [5.41, 5.74) is 1.37. The van der Waals surface area contributed by atoms with Crippen molar-refractivity contribution >= 4 is 29.1 Å². The molecule has 0 bridgehead atoms. The molecule has 1 unspecified atom stereocenters. The highest BCUT2D eigenvalue weighted by Crippen LogP contribution is 2.27. The highest BCUT2D eigenvalue weighted by molar-refractivity contribution is 6.33. The molecular formula is C17H19Cl2N3O2. The zero-order valence-electron chi connectivity index (χ0n) is 13.7. The van der Waals surface area contributed by atoms with Crippen LogP contribution >= 0.6 is 23.2 Å². The maximum absolute atomic E-state index is 12.4. The van der Waals surface area contributed by atoms with Gasteiger partial charge in [-0.05, 0) is 32.3 Å². The predicted molar refractivity (Wildman–Crippen MR) is 96.0 cm³/mol. The molecule has 0 aliphatic heterocycles. The number of ether oxygens (including phenoxy) is 1. The predicted octanol–water partition coefficient (Wildman–Crippen LogP) is 3.43. The summed E-state index contributed by atoms with van der Waals surface area (Å²) in [5, 5.41) is 3.27. The molecule has 128 valence electrons. The minimum atomic E-state index is -0.261. The number of likely N-dealkylation sites (N-methyl/N-ethyl adjacent to an activating group) is 1. The van der Waals surface area contributed by atoms with Crippen LogP contribution in [-0.4, -0.2) is 43.5 Å². The van der Waals surface area contributed by atoms with Gasteiger partial charge in [-0.2, -0.15) is 0 Å². The lowest BCUT2D eigenvalue weighted by molar-refractivity contribution is 0.0941. The number of amides is 1. The van der Waals surface area contributed by atoms with E-state index in [0.717, 1.165) is 11.3 Å². The second kappa shape index (κ2) is 8.33. The van der Waals surface area contributed by atoms with Crippen molar-refractivity contribution in [2.24, 2.45) is 0 Å². The fourth-order valence-corrected chi connectivity index (χ4v) is 2.86. The van der Waals surface area contributed by atoms with Gasteiger partial charge < -0.3 is 15.0 Å². The Balaban J connectivity index is 2.15. The van der Waals surface area contributed by atoms with E-state index >= 15 is 0 Å². The Morgan fingerprint density at radius 1 is 1.25 bits per heavy atom. The van der Waals surface area contributed by atoms with E-state index in [4.69, 9.17) is 27.9 Å². The third-order valence-electron chi connectivity index (χ3n) is 3.60.